The molecule has 3 N–H and O–H groups in total. The molecular weight excluding hydrogens is 402 g/mol. The molecule has 1 aromatic heterocycles. The van der Waals surface area contributed by atoms with E-state index in [4.69, 9.17) is 17.4 Å². The van der Waals surface area contributed by atoms with Crippen molar-refractivity contribution in [3.8, 4) is 0 Å². The maximum Gasteiger partial charge on any atom is 0.308 e. The van der Waals surface area contributed by atoms with Crippen LogP contribution in [-0.4, -0.2) is 15.7 Å². The molecule has 2 aliphatic carbocycles. The Morgan fingerprint density at radius 1 is 1.26 bits per heavy atom. The molecule has 0 radical (unpaired) electrons. The van der Waals surface area contributed by atoms with E-state index in [-0.39, 0.29) is 23.2 Å². The highest BCUT2D eigenvalue weighted by atomic mass is 35.5. The first-order valence-corrected chi connectivity index (χ1v) is 11.3. The Hall–Kier alpha value is -1.28. The maximum absolute atomic E-state index is 12.7. The Bertz CT molecular complexity index is 955. The van der Waals surface area contributed by atoms with Crippen LogP contribution in [0.4, 0.5) is 0 Å². The van der Waals surface area contributed by atoms with Crippen LogP contribution in [0.15, 0.2) is 34.1 Å². The molecule has 1 amide bonds. The fourth-order valence-corrected chi connectivity index (χ4v) is 8.60. The minimum Gasteiger partial charge on any atom is -0.293 e. The highest BCUT2D eigenvalue weighted by Gasteiger charge is 2.55. The van der Waals surface area contributed by atoms with Crippen LogP contribution in [0.3, 0.4) is 0 Å². The number of amides is 1. The van der Waals surface area contributed by atoms with Gasteiger partial charge in [-0.3, -0.25) is 19.6 Å². The van der Waals surface area contributed by atoms with E-state index in [9.17, 15) is 9.59 Å². The van der Waals surface area contributed by atoms with Gasteiger partial charge in [0.25, 0.3) is 5.91 Å². The highest BCUT2D eigenvalue weighted by Crippen LogP contribution is 2.63. The number of carbonyl (C=O) groups is 1. The summed E-state index contributed by atoms with van der Waals surface area (Å²) in [6, 6.07) is 8.05. The minimum atomic E-state index is -0.351. The molecule has 0 unspecified atom stereocenters. The van der Waals surface area contributed by atoms with Crippen molar-refractivity contribution in [3.05, 3.63) is 49.4 Å². The maximum atomic E-state index is 12.7. The average molecular weight is 422 g/mol. The molecule has 2 aromatic rings. The lowest BCUT2D eigenvalue weighted by Crippen LogP contribution is -2.37. The summed E-state index contributed by atoms with van der Waals surface area (Å²) in [5, 5.41) is 2.19. The number of fused-ring (bicyclic) bond motifs is 6. The molecule has 8 heteroatoms. The van der Waals surface area contributed by atoms with Gasteiger partial charge in [-0.15, -0.1) is 11.8 Å². The van der Waals surface area contributed by atoms with E-state index >= 15 is 0 Å². The second-order valence-corrected chi connectivity index (χ2v) is 10.3. The monoisotopic (exact) mass is 421 g/mol. The molecule has 2 heterocycles. The van der Waals surface area contributed by atoms with E-state index in [0.29, 0.717) is 17.1 Å². The molecule has 1 aliphatic heterocycles. The van der Waals surface area contributed by atoms with Crippen molar-refractivity contribution in [3.63, 3.8) is 0 Å². The number of rotatable bonds is 3. The zero-order valence-corrected chi connectivity index (χ0v) is 16.9. The summed E-state index contributed by atoms with van der Waals surface area (Å²) < 4.78 is 1.61. The predicted molar refractivity (Wildman–Crippen MR) is 108 cm³/mol. The summed E-state index contributed by atoms with van der Waals surface area (Å²) in [6.45, 7) is -0.0208. The molecule has 1 aromatic carbocycles. The van der Waals surface area contributed by atoms with Gasteiger partial charge in [-0.25, -0.2) is 5.84 Å². The summed E-state index contributed by atoms with van der Waals surface area (Å²) in [5.74, 6) is 7.09. The summed E-state index contributed by atoms with van der Waals surface area (Å²) in [4.78, 5) is 25.6. The van der Waals surface area contributed by atoms with Crippen LogP contribution in [-0.2, 0) is 11.3 Å². The lowest BCUT2D eigenvalue weighted by Gasteiger charge is -2.40. The van der Waals surface area contributed by atoms with Crippen molar-refractivity contribution in [1.82, 2.24) is 9.99 Å². The van der Waals surface area contributed by atoms with Gasteiger partial charge >= 0.3 is 4.87 Å². The molecule has 5 atom stereocenters. The van der Waals surface area contributed by atoms with Gasteiger partial charge in [0.05, 0.1) is 5.03 Å². The lowest BCUT2D eigenvalue weighted by atomic mass is 9.75. The predicted octanol–water partition coefficient (Wildman–Crippen LogP) is 3.21. The largest absolute Gasteiger partial charge is 0.308 e. The van der Waals surface area contributed by atoms with E-state index in [2.05, 4.69) is 17.6 Å². The van der Waals surface area contributed by atoms with Crippen LogP contribution in [0, 0.1) is 17.8 Å². The quantitative estimate of drug-likeness (QED) is 0.453. The van der Waals surface area contributed by atoms with E-state index in [1.165, 1.54) is 36.2 Å². The standard InChI is InChI=1S/C19H20ClN3O2S2/c20-12-5-3-9(4-6-12)14-15-10-1-2-11(7-10)16(15)26-18-17(14)27-19(25)23(18)8-13(24)22-21/h3-6,10-11,14-16H,1-2,7-8,21H2,(H,22,24)/t10-,11-,14+,15+,16+/m0/s1. The number of aromatic nitrogens is 1. The zero-order chi connectivity index (χ0) is 18.7. The van der Waals surface area contributed by atoms with Gasteiger partial charge in [-0.2, -0.15) is 0 Å². The van der Waals surface area contributed by atoms with Crippen LogP contribution < -0.4 is 16.1 Å². The summed E-state index contributed by atoms with van der Waals surface area (Å²) in [7, 11) is 0. The second-order valence-electron chi connectivity index (χ2n) is 7.71. The van der Waals surface area contributed by atoms with Gasteiger partial charge in [0.2, 0.25) is 0 Å². The normalized spacial score (nSPS) is 30.8. The number of nitrogens with zero attached hydrogens (tertiary/aromatic N) is 1. The first kappa shape index (κ1) is 17.8. The smallest absolute Gasteiger partial charge is 0.293 e. The van der Waals surface area contributed by atoms with Crippen molar-refractivity contribution < 1.29 is 4.79 Å². The summed E-state index contributed by atoms with van der Waals surface area (Å²) >= 11 is 9.22. The van der Waals surface area contributed by atoms with Crippen LogP contribution in [0.25, 0.3) is 0 Å². The lowest BCUT2D eigenvalue weighted by molar-refractivity contribution is -0.121. The molecule has 27 heavy (non-hydrogen) atoms. The molecule has 5 rings (SSSR count). The van der Waals surface area contributed by atoms with Crippen molar-refractivity contribution in [2.24, 2.45) is 23.6 Å². The molecule has 0 spiro atoms. The first-order chi connectivity index (χ1) is 13.1. The molecule has 2 saturated carbocycles. The third kappa shape index (κ3) is 2.78. The first-order valence-electron chi connectivity index (χ1n) is 9.22. The Kier molecular flexibility index (Phi) is 4.39. The van der Waals surface area contributed by atoms with Crippen LogP contribution >= 0.6 is 34.7 Å². The number of thioether (sulfide) groups is 1. The number of nitrogens with two attached hydrogens (primary N) is 1. The third-order valence-electron chi connectivity index (χ3n) is 6.38. The van der Waals surface area contributed by atoms with Crippen molar-refractivity contribution in [2.75, 3.05) is 0 Å². The van der Waals surface area contributed by atoms with Gasteiger partial charge < -0.3 is 0 Å². The topological polar surface area (TPSA) is 77.1 Å². The van der Waals surface area contributed by atoms with Crippen LogP contribution in [0.1, 0.15) is 35.6 Å². The molecule has 2 bridgehead atoms. The zero-order valence-electron chi connectivity index (χ0n) is 14.6. The van der Waals surface area contributed by atoms with Gasteiger partial charge in [0.1, 0.15) is 6.54 Å². The Morgan fingerprint density at radius 3 is 2.74 bits per heavy atom. The van der Waals surface area contributed by atoms with E-state index in [0.717, 1.165) is 20.8 Å². The number of benzene rings is 1. The summed E-state index contributed by atoms with van der Waals surface area (Å²) in [5.41, 5.74) is 3.36. The van der Waals surface area contributed by atoms with Crippen molar-refractivity contribution in [2.45, 2.75) is 42.0 Å². The average Bonchev–Trinajstić information content (AvgIpc) is 3.35. The number of thiazole rings is 1. The SMILES string of the molecule is NNC(=O)Cn1c2c(sc1=O)[C@H](c1ccc(Cl)cc1)[C@H]1[C@H]3CC[C@@H](C3)[C@H]1S2. The Labute approximate surface area is 170 Å². The number of hydrazine groups is 1. The molecule has 142 valence electrons. The minimum absolute atomic E-state index is 0.0208. The Balaban J connectivity index is 1.65. The van der Waals surface area contributed by atoms with Gasteiger partial charge in [-0.1, -0.05) is 35.1 Å². The number of nitrogens with one attached hydrogen (secondary N) is 1. The van der Waals surface area contributed by atoms with E-state index in [1.807, 2.05) is 23.9 Å². The van der Waals surface area contributed by atoms with Crippen LogP contribution in [0.2, 0.25) is 5.02 Å². The second kappa shape index (κ2) is 6.65. The fraction of sp³-hybridized carbons (Fsp3) is 0.474. The number of carbonyl (C=O) groups excluding carboxylic acids is 1. The third-order valence-corrected chi connectivity index (χ3v) is 9.46. The van der Waals surface area contributed by atoms with Gasteiger partial charge in [-0.05, 0) is 54.7 Å². The number of hydrogen-bond donors (Lipinski definition) is 2. The Morgan fingerprint density at radius 2 is 2.00 bits per heavy atom. The van der Waals surface area contributed by atoms with Crippen LogP contribution in [0.5, 0.6) is 0 Å². The van der Waals surface area contributed by atoms with Gasteiger partial charge in [0.15, 0.2) is 0 Å². The molecular formula is C19H20ClN3O2S2. The highest BCUT2D eigenvalue weighted by molar-refractivity contribution is 8.00. The fourth-order valence-electron chi connectivity index (χ4n) is 5.32. The molecule has 5 nitrogen and oxygen atoms in total. The van der Waals surface area contributed by atoms with Gasteiger partial charge in [0, 0.05) is 21.1 Å². The molecule has 3 aliphatic rings. The molecule has 0 saturated heterocycles. The van der Waals surface area contributed by atoms with E-state index < -0.39 is 0 Å². The number of halogens is 1. The summed E-state index contributed by atoms with van der Waals surface area (Å²) in [6.07, 6.45) is 3.85. The van der Waals surface area contributed by atoms with Crippen molar-refractivity contribution >= 4 is 40.6 Å². The van der Waals surface area contributed by atoms with E-state index in [1.54, 1.807) is 4.57 Å². The number of hydrogen-bond acceptors (Lipinski definition) is 5. The van der Waals surface area contributed by atoms with Crippen molar-refractivity contribution in [1.29, 1.82) is 0 Å². The molecule has 2 fully saturated rings.